The minimum Gasteiger partial charge on any atom is -0.339 e. The van der Waals surface area contributed by atoms with Crippen molar-refractivity contribution in [2.45, 2.75) is 6.92 Å². The normalized spacial score (nSPS) is 15.3. The fourth-order valence-corrected chi connectivity index (χ4v) is 2.30. The van der Waals surface area contributed by atoms with E-state index in [1.807, 2.05) is 6.92 Å². The van der Waals surface area contributed by atoms with Gasteiger partial charge in [-0.1, -0.05) is 15.9 Å². The average molecular weight is 314 g/mol. The van der Waals surface area contributed by atoms with Gasteiger partial charge in [-0.2, -0.15) is 0 Å². The fraction of sp³-hybridized carbons (Fsp3) is 0.364. The summed E-state index contributed by atoms with van der Waals surface area (Å²) >= 11 is 3.21. The Bertz CT molecular complexity index is 506. The van der Waals surface area contributed by atoms with Crippen molar-refractivity contribution in [1.29, 1.82) is 0 Å². The molecule has 1 heterocycles. The summed E-state index contributed by atoms with van der Waals surface area (Å²) in [5, 5.41) is 11.0. The SMILES string of the molecule is CCN1CN(c2ccc(Br)cc2[N+](=O)[O-])CC1=O. The van der Waals surface area contributed by atoms with E-state index in [9.17, 15) is 14.9 Å². The van der Waals surface area contributed by atoms with E-state index in [-0.39, 0.29) is 18.1 Å². The van der Waals surface area contributed by atoms with Crippen LogP contribution in [0.15, 0.2) is 22.7 Å². The zero-order valence-corrected chi connectivity index (χ0v) is 11.4. The number of amides is 1. The van der Waals surface area contributed by atoms with Crippen molar-refractivity contribution in [3.63, 3.8) is 0 Å². The van der Waals surface area contributed by atoms with Gasteiger partial charge in [-0.05, 0) is 19.1 Å². The molecule has 0 aliphatic carbocycles. The number of likely N-dealkylation sites (N-methyl/N-ethyl adjacent to an activating group) is 1. The quantitative estimate of drug-likeness (QED) is 0.632. The van der Waals surface area contributed by atoms with Crippen LogP contribution < -0.4 is 4.90 Å². The van der Waals surface area contributed by atoms with Crippen molar-refractivity contribution in [2.24, 2.45) is 0 Å². The van der Waals surface area contributed by atoms with Crippen molar-refractivity contribution in [3.05, 3.63) is 32.8 Å². The molecule has 1 aliphatic rings. The Morgan fingerprint density at radius 2 is 2.22 bits per heavy atom. The number of carbonyl (C=O) groups excluding carboxylic acids is 1. The molecule has 7 heteroatoms. The van der Waals surface area contributed by atoms with Crippen LogP contribution in [-0.2, 0) is 4.79 Å². The molecule has 6 nitrogen and oxygen atoms in total. The predicted molar refractivity (Wildman–Crippen MR) is 70.4 cm³/mol. The Labute approximate surface area is 112 Å². The van der Waals surface area contributed by atoms with Crippen LogP contribution in [0.25, 0.3) is 0 Å². The van der Waals surface area contributed by atoms with Gasteiger partial charge in [0.1, 0.15) is 5.69 Å². The maximum absolute atomic E-state index is 11.6. The van der Waals surface area contributed by atoms with Crippen LogP contribution in [-0.4, -0.2) is 35.5 Å². The summed E-state index contributed by atoms with van der Waals surface area (Å²) in [6.45, 7) is 3.09. The highest BCUT2D eigenvalue weighted by Gasteiger charge is 2.30. The number of hydrogen-bond donors (Lipinski definition) is 0. The molecule has 1 fully saturated rings. The van der Waals surface area contributed by atoms with Crippen molar-refractivity contribution in [3.8, 4) is 0 Å². The van der Waals surface area contributed by atoms with Gasteiger partial charge in [0.25, 0.3) is 5.69 Å². The van der Waals surface area contributed by atoms with Gasteiger partial charge in [0.2, 0.25) is 5.91 Å². The molecule has 0 unspecified atom stereocenters. The van der Waals surface area contributed by atoms with Crippen LogP contribution in [0.3, 0.4) is 0 Å². The predicted octanol–water partition coefficient (Wildman–Crippen LogP) is 1.98. The van der Waals surface area contributed by atoms with Crippen molar-refractivity contribution in [1.82, 2.24) is 4.90 Å². The van der Waals surface area contributed by atoms with E-state index in [1.54, 1.807) is 21.9 Å². The monoisotopic (exact) mass is 313 g/mol. The topological polar surface area (TPSA) is 66.7 Å². The molecule has 0 atom stereocenters. The van der Waals surface area contributed by atoms with Gasteiger partial charge in [-0.15, -0.1) is 0 Å². The number of nitro groups is 1. The molecule has 0 radical (unpaired) electrons. The molecule has 1 aromatic rings. The lowest BCUT2D eigenvalue weighted by Crippen LogP contribution is -2.26. The maximum Gasteiger partial charge on any atom is 0.293 e. The van der Waals surface area contributed by atoms with Crippen LogP contribution in [0.1, 0.15) is 6.92 Å². The number of rotatable bonds is 3. The third-order valence-corrected chi connectivity index (χ3v) is 3.37. The van der Waals surface area contributed by atoms with E-state index >= 15 is 0 Å². The molecule has 1 aromatic carbocycles. The molecule has 1 amide bonds. The number of anilines is 1. The van der Waals surface area contributed by atoms with Crippen LogP contribution in [0, 0.1) is 10.1 Å². The highest BCUT2D eigenvalue weighted by molar-refractivity contribution is 9.10. The third kappa shape index (κ3) is 2.31. The highest BCUT2D eigenvalue weighted by Crippen LogP contribution is 2.32. The molecular weight excluding hydrogens is 302 g/mol. The van der Waals surface area contributed by atoms with Gasteiger partial charge in [-0.3, -0.25) is 14.9 Å². The lowest BCUT2D eigenvalue weighted by molar-refractivity contribution is -0.384. The Morgan fingerprint density at radius 3 is 2.78 bits per heavy atom. The van der Waals surface area contributed by atoms with E-state index in [4.69, 9.17) is 0 Å². The molecule has 0 bridgehead atoms. The van der Waals surface area contributed by atoms with Crippen molar-refractivity contribution in [2.75, 3.05) is 24.7 Å². The van der Waals surface area contributed by atoms with Crippen LogP contribution in [0.2, 0.25) is 0 Å². The van der Waals surface area contributed by atoms with Gasteiger partial charge >= 0.3 is 0 Å². The van der Waals surface area contributed by atoms with Crippen LogP contribution in [0.4, 0.5) is 11.4 Å². The summed E-state index contributed by atoms with van der Waals surface area (Å²) in [5.74, 6) is -0.00489. The smallest absolute Gasteiger partial charge is 0.293 e. The third-order valence-electron chi connectivity index (χ3n) is 2.88. The zero-order valence-electron chi connectivity index (χ0n) is 9.80. The van der Waals surface area contributed by atoms with Crippen LogP contribution in [0.5, 0.6) is 0 Å². The second-order valence-corrected chi connectivity index (χ2v) is 4.89. The molecular formula is C11H12BrN3O3. The summed E-state index contributed by atoms with van der Waals surface area (Å²) in [5.41, 5.74) is 0.489. The lowest BCUT2D eigenvalue weighted by Gasteiger charge is -2.18. The number of halogens is 1. The number of nitrogens with zero attached hydrogens (tertiary/aromatic N) is 3. The molecule has 18 heavy (non-hydrogen) atoms. The second-order valence-electron chi connectivity index (χ2n) is 3.98. The van der Waals surface area contributed by atoms with Gasteiger partial charge in [0, 0.05) is 17.1 Å². The Morgan fingerprint density at radius 1 is 1.50 bits per heavy atom. The zero-order chi connectivity index (χ0) is 13.3. The summed E-state index contributed by atoms with van der Waals surface area (Å²) in [6, 6.07) is 4.85. The van der Waals surface area contributed by atoms with E-state index in [0.29, 0.717) is 23.4 Å². The molecule has 2 rings (SSSR count). The highest BCUT2D eigenvalue weighted by atomic mass is 79.9. The average Bonchev–Trinajstić information content (AvgIpc) is 2.70. The minimum atomic E-state index is -0.431. The number of nitro benzene ring substituents is 1. The standard InChI is InChI=1S/C11H12BrN3O3/c1-2-13-7-14(6-11(13)16)9-4-3-8(12)5-10(9)15(17)18/h3-5H,2,6-7H2,1H3. The molecule has 0 aromatic heterocycles. The number of carbonyl (C=O) groups is 1. The Kier molecular flexibility index (Phi) is 3.51. The Hall–Kier alpha value is -1.63. The second kappa shape index (κ2) is 4.93. The summed E-state index contributed by atoms with van der Waals surface area (Å²) in [7, 11) is 0. The molecule has 96 valence electrons. The lowest BCUT2D eigenvalue weighted by atomic mass is 10.2. The summed E-state index contributed by atoms with van der Waals surface area (Å²) in [4.78, 5) is 25.6. The van der Waals surface area contributed by atoms with Crippen molar-refractivity contribution < 1.29 is 9.72 Å². The molecule has 0 spiro atoms. The molecule has 0 saturated carbocycles. The molecule has 1 aliphatic heterocycles. The molecule has 0 N–H and O–H groups in total. The first kappa shape index (κ1) is 12.8. The number of benzene rings is 1. The fourth-order valence-electron chi connectivity index (χ4n) is 1.95. The summed E-state index contributed by atoms with van der Waals surface area (Å²) in [6.07, 6.45) is 0. The van der Waals surface area contributed by atoms with Gasteiger partial charge in [0.15, 0.2) is 0 Å². The van der Waals surface area contributed by atoms with E-state index in [0.717, 1.165) is 0 Å². The van der Waals surface area contributed by atoms with Gasteiger partial charge < -0.3 is 9.80 Å². The van der Waals surface area contributed by atoms with Crippen molar-refractivity contribution >= 4 is 33.2 Å². The largest absolute Gasteiger partial charge is 0.339 e. The van der Waals surface area contributed by atoms with Crippen LogP contribution >= 0.6 is 15.9 Å². The maximum atomic E-state index is 11.6. The first-order valence-corrected chi connectivity index (χ1v) is 6.29. The van der Waals surface area contributed by atoms with E-state index < -0.39 is 4.92 Å². The Balaban J connectivity index is 2.35. The first-order valence-electron chi connectivity index (χ1n) is 5.49. The van der Waals surface area contributed by atoms with E-state index in [1.165, 1.54) is 6.07 Å². The molecule has 1 saturated heterocycles. The van der Waals surface area contributed by atoms with Gasteiger partial charge in [-0.25, -0.2) is 0 Å². The summed E-state index contributed by atoms with van der Waals surface area (Å²) < 4.78 is 0.649. The van der Waals surface area contributed by atoms with E-state index in [2.05, 4.69) is 15.9 Å². The van der Waals surface area contributed by atoms with Gasteiger partial charge in [0.05, 0.1) is 18.1 Å². The first-order chi connectivity index (χ1) is 8.52. The minimum absolute atomic E-state index is 0.00489. The number of hydrogen-bond acceptors (Lipinski definition) is 4.